The van der Waals surface area contributed by atoms with Gasteiger partial charge in [0.15, 0.2) is 5.82 Å². The normalized spacial score (nSPS) is 13.8. The molecule has 1 fully saturated rings. The van der Waals surface area contributed by atoms with Gasteiger partial charge >= 0.3 is 0 Å². The number of pyridine rings is 1. The van der Waals surface area contributed by atoms with E-state index in [0.29, 0.717) is 22.5 Å². The minimum Gasteiger partial charge on any atom is -0.339 e. The van der Waals surface area contributed by atoms with Crippen molar-refractivity contribution >= 4 is 52.2 Å². The zero-order valence-electron chi connectivity index (χ0n) is 22.3. The Morgan fingerprint density at radius 3 is 2.58 bits per heavy atom. The highest BCUT2D eigenvalue weighted by molar-refractivity contribution is 6.32. The molecule has 3 N–H and O–H groups in total. The maximum atomic E-state index is 11.7. The van der Waals surface area contributed by atoms with Crippen LogP contribution in [0.25, 0.3) is 0 Å². The zero-order chi connectivity index (χ0) is 28.1. The van der Waals surface area contributed by atoms with E-state index in [-0.39, 0.29) is 11.8 Å². The first-order valence-electron chi connectivity index (χ1n) is 13.0. The molecule has 206 valence electrons. The van der Waals surface area contributed by atoms with Gasteiger partial charge in [0.25, 0.3) is 5.91 Å². The van der Waals surface area contributed by atoms with Gasteiger partial charge in [0.2, 0.25) is 11.9 Å². The molecular weight excluding hydrogens is 530 g/mol. The lowest BCUT2D eigenvalue weighted by Gasteiger charge is -2.14. The van der Waals surface area contributed by atoms with Crippen LogP contribution in [0, 0.1) is 0 Å². The fourth-order valence-corrected chi connectivity index (χ4v) is 4.69. The lowest BCUT2D eigenvalue weighted by atomic mass is 10.0. The highest BCUT2D eigenvalue weighted by Crippen LogP contribution is 2.29. The second-order valence-electron chi connectivity index (χ2n) is 9.65. The smallest absolute Gasteiger partial charge is 0.274 e. The molecular formula is C28H30ClN9O2. The van der Waals surface area contributed by atoms with Gasteiger partial charge in [-0.05, 0) is 67.1 Å². The molecule has 2 aliphatic rings. The third-order valence-electron chi connectivity index (χ3n) is 6.48. The summed E-state index contributed by atoms with van der Waals surface area (Å²) in [7, 11) is 1.82. The van der Waals surface area contributed by atoms with Gasteiger partial charge in [0.05, 0.1) is 18.1 Å². The van der Waals surface area contributed by atoms with E-state index in [0.717, 1.165) is 67.0 Å². The molecule has 1 saturated heterocycles. The number of aryl methyl sites for hydroxylation is 3. The molecule has 0 spiro atoms. The van der Waals surface area contributed by atoms with Gasteiger partial charge in [-0.3, -0.25) is 19.3 Å². The van der Waals surface area contributed by atoms with Gasteiger partial charge in [-0.2, -0.15) is 10.1 Å². The highest BCUT2D eigenvalue weighted by atomic mass is 35.5. The number of hydrogen-bond acceptors (Lipinski definition) is 8. The first-order valence-corrected chi connectivity index (χ1v) is 13.4. The summed E-state index contributed by atoms with van der Waals surface area (Å²) in [6, 6.07) is 9.52. The van der Waals surface area contributed by atoms with Gasteiger partial charge in [-0.15, -0.1) is 0 Å². The van der Waals surface area contributed by atoms with Gasteiger partial charge in [0, 0.05) is 50.8 Å². The summed E-state index contributed by atoms with van der Waals surface area (Å²) in [5.74, 6) is 0.885. The number of benzene rings is 1. The molecule has 1 aromatic carbocycles. The first kappa shape index (κ1) is 27.1. The third-order valence-corrected chi connectivity index (χ3v) is 6.76. The predicted octanol–water partition coefficient (Wildman–Crippen LogP) is 4.73. The van der Waals surface area contributed by atoms with Crippen molar-refractivity contribution in [3.63, 3.8) is 0 Å². The topological polar surface area (TPSA) is 130 Å². The molecule has 0 unspecified atom stereocenters. The number of halogens is 1. The molecule has 0 radical (unpaired) electrons. The fraction of sp³-hybridized carbons (Fsp3) is 0.286. The maximum absolute atomic E-state index is 11.7. The van der Waals surface area contributed by atoms with Crippen LogP contribution in [0.4, 0.5) is 28.8 Å². The fourth-order valence-electron chi connectivity index (χ4n) is 4.55. The van der Waals surface area contributed by atoms with E-state index in [1.807, 2.05) is 42.4 Å². The Morgan fingerprint density at radius 1 is 1.00 bits per heavy atom. The maximum Gasteiger partial charge on any atom is 0.274 e. The average molecular weight is 560 g/mol. The summed E-state index contributed by atoms with van der Waals surface area (Å²) in [6.07, 6.45) is 10.7. The summed E-state index contributed by atoms with van der Waals surface area (Å²) in [5.41, 5.74) is 5.06. The van der Waals surface area contributed by atoms with E-state index in [1.165, 1.54) is 6.92 Å². The lowest BCUT2D eigenvalue weighted by Crippen LogP contribution is -2.28. The molecule has 0 saturated carbocycles. The summed E-state index contributed by atoms with van der Waals surface area (Å²) in [6.45, 7) is 3.27. The monoisotopic (exact) mass is 559 g/mol. The number of fused-ring (bicyclic) bond motifs is 6. The van der Waals surface area contributed by atoms with Gasteiger partial charge in [0.1, 0.15) is 10.7 Å². The molecule has 4 aromatic rings. The molecule has 6 bridgehead atoms. The van der Waals surface area contributed by atoms with E-state index >= 15 is 0 Å². The number of carbonyl (C=O) groups is 2. The lowest BCUT2D eigenvalue weighted by molar-refractivity contribution is -0.114. The molecule has 12 heteroatoms. The third kappa shape index (κ3) is 6.73. The number of amides is 2. The Labute approximate surface area is 237 Å². The quantitative estimate of drug-likeness (QED) is 0.321. The van der Waals surface area contributed by atoms with Crippen molar-refractivity contribution in [2.24, 2.45) is 7.05 Å². The van der Waals surface area contributed by atoms with Crippen molar-refractivity contribution in [2.75, 3.05) is 29.0 Å². The summed E-state index contributed by atoms with van der Waals surface area (Å²) in [5, 5.41) is 13.8. The van der Waals surface area contributed by atoms with Gasteiger partial charge < -0.3 is 20.9 Å². The van der Waals surface area contributed by atoms with Crippen LogP contribution in [0.1, 0.15) is 41.4 Å². The van der Waals surface area contributed by atoms with Crippen molar-refractivity contribution in [2.45, 2.75) is 32.6 Å². The molecule has 3 aromatic heterocycles. The number of likely N-dealkylation sites (tertiary alicyclic amines) is 1. The molecule has 2 amide bonds. The zero-order valence-corrected chi connectivity index (χ0v) is 23.1. The first-order chi connectivity index (χ1) is 19.3. The molecule has 40 heavy (non-hydrogen) atoms. The predicted molar refractivity (Wildman–Crippen MR) is 154 cm³/mol. The second kappa shape index (κ2) is 12.1. The van der Waals surface area contributed by atoms with Gasteiger partial charge in [-0.1, -0.05) is 11.6 Å². The number of anilines is 5. The summed E-state index contributed by atoms with van der Waals surface area (Å²) < 4.78 is 1.66. The Balaban J connectivity index is 0.000000207. The summed E-state index contributed by atoms with van der Waals surface area (Å²) >= 11 is 6.25. The molecule has 0 aliphatic carbocycles. The van der Waals surface area contributed by atoms with Crippen LogP contribution >= 0.6 is 11.6 Å². The number of aromatic nitrogens is 5. The second-order valence-corrected chi connectivity index (χ2v) is 10.1. The molecule has 0 atom stereocenters. The van der Waals surface area contributed by atoms with Crippen molar-refractivity contribution in [1.82, 2.24) is 29.6 Å². The average Bonchev–Trinajstić information content (AvgIpc) is 3.63. The SMILES string of the molecule is CC(=O)Nc1ccc2cc1CCc1cncc(c1)Nc1ncc(Cl)c(n1)N2.Cn1ccc(C(=O)N2CCCC2)n1. The van der Waals surface area contributed by atoms with Gasteiger partial charge in [-0.25, -0.2) is 4.98 Å². The minimum atomic E-state index is -0.105. The molecule has 11 nitrogen and oxygen atoms in total. The highest BCUT2D eigenvalue weighted by Gasteiger charge is 2.20. The van der Waals surface area contributed by atoms with Crippen LogP contribution < -0.4 is 16.0 Å². The Morgan fingerprint density at radius 2 is 1.82 bits per heavy atom. The number of hydrogen-bond donors (Lipinski definition) is 3. The van der Waals surface area contributed by atoms with Crippen LogP contribution in [0.2, 0.25) is 5.02 Å². The van der Waals surface area contributed by atoms with E-state index in [1.54, 1.807) is 29.3 Å². The van der Waals surface area contributed by atoms with Crippen molar-refractivity contribution < 1.29 is 9.59 Å². The Hall–Kier alpha value is -4.51. The molecule has 5 heterocycles. The van der Waals surface area contributed by atoms with Crippen molar-refractivity contribution in [3.05, 3.63) is 77.0 Å². The number of carbonyl (C=O) groups excluding carboxylic acids is 2. The Bertz CT molecular complexity index is 1530. The van der Waals surface area contributed by atoms with E-state index in [2.05, 4.69) is 36.0 Å². The molecule has 6 rings (SSSR count). The van der Waals surface area contributed by atoms with Crippen LogP contribution in [0.3, 0.4) is 0 Å². The molecule has 2 aliphatic heterocycles. The number of rotatable bonds is 2. The largest absolute Gasteiger partial charge is 0.339 e. The van der Waals surface area contributed by atoms with Crippen LogP contribution in [0.15, 0.2) is 55.1 Å². The summed E-state index contributed by atoms with van der Waals surface area (Å²) in [4.78, 5) is 38.1. The van der Waals surface area contributed by atoms with E-state index in [4.69, 9.17) is 11.6 Å². The minimum absolute atomic E-state index is 0.0677. The number of nitrogens with zero attached hydrogens (tertiary/aromatic N) is 6. The number of nitrogens with one attached hydrogen (secondary N) is 3. The Kier molecular flexibility index (Phi) is 8.20. The standard InChI is InChI=1S/C19H17ClN6O.C9H13N3O/c1-11(27)23-17-5-4-14-7-13(17)3-2-12-6-15(9-21-8-12)25-19-22-10-16(20)18(24-14)26-19;1-11-7-4-8(10-11)9(13)12-5-2-3-6-12/h4-10H,2-3H2,1H3,(H,23,27)(H2,22,24,25,26);4,7H,2-3,5-6H2,1H3. The van der Waals surface area contributed by atoms with Crippen LogP contribution in [0.5, 0.6) is 0 Å². The van der Waals surface area contributed by atoms with Crippen LogP contribution in [-0.2, 0) is 24.7 Å². The van der Waals surface area contributed by atoms with Crippen LogP contribution in [-0.4, -0.2) is 54.5 Å². The van der Waals surface area contributed by atoms with Crippen molar-refractivity contribution in [3.8, 4) is 0 Å². The van der Waals surface area contributed by atoms with E-state index < -0.39 is 0 Å². The van der Waals surface area contributed by atoms with Crippen molar-refractivity contribution in [1.29, 1.82) is 0 Å². The van der Waals surface area contributed by atoms with E-state index in [9.17, 15) is 9.59 Å².